The monoisotopic (exact) mass is 377 g/mol. The molecule has 2 aromatic heterocycles. The Balaban J connectivity index is 1.89. The molecule has 0 radical (unpaired) electrons. The summed E-state index contributed by atoms with van der Waals surface area (Å²) in [5.41, 5.74) is 2.23. The molecule has 0 spiro atoms. The molecule has 2 heterocycles. The Morgan fingerprint density at radius 2 is 1.83 bits per heavy atom. The van der Waals surface area contributed by atoms with Gasteiger partial charge in [0.15, 0.2) is 0 Å². The van der Waals surface area contributed by atoms with Gasteiger partial charge in [0.25, 0.3) is 5.91 Å². The van der Waals surface area contributed by atoms with Crippen LogP contribution in [-0.2, 0) is 0 Å². The molecule has 0 unspecified atom stereocenters. The van der Waals surface area contributed by atoms with Gasteiger partial charge in [-0.2, -0.15) is 0 Å². The molecular formula is C17H10Cl3N3O. The number of nitrogens with zero attached hydrogens (tertiary/aromatic N) is 2. The van der Waals surface area contributed by atoms with Gasteiger partial charge >= 0.3 is 0 Å². The molecule has 24 heavy (non-hydrogen) atoms. The van der Waals surface area contributed by atoms with Crippen molar-refractivity contribution in [2.24, 2.45) is 0 Å². The Morgan fingerprint density at radius 3 is 2.54 bits per heavy atom. The van der Waals surface area contributed by atoms with Crippen LogP contribution in [-0.4, -0.2) is 15.9 Å². The highest BCUT2D eigenvalue weighted by molar-refractivity contribution is 6.35. The van der Waals surface area contributed by atoms with E-state index in [4.69, 9.17) is 34.8 Å². The lowest BCUT2D eigenvalue weighted by atomic mass is 10.1. The summed E-state index contributed by atoms with van der Waals surface area (Å²) in [5, 5.41) is 3.57. The number of hydrogen-bond acceptors (Lipinski definition) is 3. The highest BCUT2D eigenvalue weighted by Gasteiger charge is 2.13. The van der Waals surface area contributed by atoms with Crippen molar-refractivity contribution < 1.29 is 4.79 Å². The van der Waals surface area contributed by atoms with Crippen molar-refractivity contribution in [3.63, 3.8) is 0 Å². The molecule has 0 aliphatic carbocycles. The maximum atomic E-state index is 12.4. The Hall–Kier alpha value is -2.14. The zero-order valence-corrected chi connectivity index (χ0v) is 14.4. The molecule has 0 aliphatic heterocycles. The standard InChI is InChI=1S/C17H10Cl3N3O/c18-13-6-4-10(9-12(13)14-3-1-2-8-21-14)22-17(24)11-5-7-15(19)23-16(11)20/h1-9H,(H,22,24). The number of carbonyl (C=O) groups excluding carboxylic acids is 1. The van der Waals surface area contributed by atoms with E-state index < -0.39 is 5.91 Å². The maximum absolute atomic E-state index is 12.4. The van der Waals surface area contributed by atoms with Gasteiger partial charge in [-0.05, 0) is 42.5 Å². The predicted octanol–water partition coefficient (Wildman–Crippen LogP) is 5.36. The average molecular weight is 379 g/mol. The van der Waals surface area contributed by atoms with E-state index in [1.165, 1.54) is 12.1 Å². The molecule has 0 saturated heterocycles. The second-order valence-electron chi connectivity index (χ2n) is 4.84. The largest absolute Gasteiger partial charge is 0.322 e. The van der Waals surface area contributed by atoms with Crippen LogP contribution in [0, 0.1) is 0 Å². The third kappa shape index (κ3) is 3.67. The summed E-state index contributed by atoms with van der Waals surface area (Å²) in [7, 11) is 0. The smallest absolute Gasteiger partial charge is 0.258 e. The summed E-state index contributed by atoms with van der Waals surface area (Å²) in [5.74, 6) is -0.390. The Morgan fingerprint density at radius 1 is 1.00 bits per heavy atom. The van der Waals surface area contributed by atoms with E-state index in [1.54, 1.807) is 24.4 Å². The lowest BCUT2D eigenvalue weighted by Crippen LogP contribution is -2.13. The van der Waals surface area contributed by atoms with E-state index in [1.807, 2.05) is 18.2 Å². The number of halogens is 3. The fraction of sp³-hybridized carbons (Fsp3) is 0. The number of anilines is 1. The normalized spacial score (nSPS) is 10.5. The number of rotatable bonds is 3. The van der Waals surface area contributed by atoms with Crippen LogP contribution in [0.5, 0.6) is 0 Å². The summed E-state index contributed by atoms with van der Waals surface area (Å²) in [6, 6.07) is 13.7. The fourth-order valence-electron chi connectivity index (χ4n) is 2.10. The van der Waals surface area contributed by atoms with Crippen LogP contribution in [0.3, 0.4) is 0 Å². The third-order valence-electron chi connectivity index (χ3n) is 3.22. The second-order valence-corrected chi connectivity index (χ2v) is 5.99. The molecule has 1 N–H and O–H groups in total. The predicted molar refractivity (Wildman–Crippen MR) is 96.9 cm³/mol. The summed E-state index contributed by atoms with van der Waals surface area (Å²) < 4.78 is 0. The summed E-state index contributed by atoms with van der Waals surface area (Å²) in [6.45, 7) is 0. The third-order valence-corrected chi connectivity index (χ3v) is 4.05. The zero-order valence-electron chi connectivity index (χ0n) is 12.1. The van der Waals surface area contributed by atoms with Crippen molar-refractivity contribution in [2.45, 2.75) is 0 Å². The topological polar surface area (TPSA) is 54.9 Å². The molecule has 0 atom stereocenters. The molecule has 0 saturated carbocycles. The number of carbonyl (C=O) groups is 1. The van der Waals surface area contributed by atoms with E-state index >= 15 is 0 Å². The maximum Gasteiger partial charge on any atom is 0.258 e. The Bertz CT molecular complexity index is 901. The molecule has 120 valence electrons. The number of nitrogens with one attached hydrogen (secondary N) is 1. The number of pyridine rings is 2. The van der Waals surface area contributed by atoms with Crippen LogP contribution in [0.4, 0.5) is 5.69 Å². The highest BCUT2D eigenvalue weighted by Crippen LogP contribution is 2.29. The first kappa shape index (κ1) is 16.7. The van der Waals surface area contributed by atoms with Gasteiger partial charge < -0.3 is 5.32 Å². The highest BCUT2D eigenvalue weighted by atomic mass is 35.5. The second kappa shape index (κ2) is 7.18. The minimum atomic E-state index is -0.390. The number of hydrogen-bond donors (Lipinski definition) is 1. The van der Waals surface area contributed by atoms with Crippen molar-refractivity contribution in [1.29, 1.82) is 0 Å². The van der Waals surface area contributed by atoms with Gasteiger partial charge in [0.2, 0.25) is 0 Å². The van der Waals surface area contributed by atoms with Crippen LogP contribution >= 0.6 is 34.8 Å². The van der Waals surface area contributed by atoms with Crippen molar-refractivity contribution in [1.82, 2.24) is 9.97 Å². The number of aromatic nitrogens is 2. The van der Waals surface area contributed by atoms with Crippen LogP contribution in [0.15, 0.2) is 54.7 Å². The quantitative estimate of drug-likeness (QED) is 0.624. The number of amides is 1. The van der Waals surface area contributed by atoms with E-state index in [2.05, 4.69) is 15.3 Å². The van der Waals surface area contributed by atoms with Gasteiger partial charge in [-0.15, -0.1) is 0 Å². The molecule has 3 aromatic rings. The van der Waals surface area contributed by atoms with E-state index in [0.29, 0.717) is 16.4 Å². The lowest BCUT2D eigenvalue weighted by Gasteiger charge is -2.10. The molecule has 7 heteroatoms. The molecule has 3 rings (SSSR count). The Kier molecular flexibility index (Phi) is 5.00. The minimum absolute atomic E-state index is 0.0407. The van der Waals surface area contributed by atoms with Crippen LogP contribution in [0.1, 0.15) is 10.4 Å². The van der Waals surface area contributed by atoms with E-state index in [9.17, 15) is 4.79 Å². The Labute approximate surface area is 153 Å². The molecule has 1 amide bonds. The molecule has 0 bridgehead atoms. The average Bonchev–Trinajstić information content (AvgIpc) is 2.57. The van der Waals surface area contributed by atoms with Crippen molar-refractivity contribution in [2.75, 3.05) is 5.32 Å². The first-order valence-corrected chi connectivity index (χ1v) is 8.02. The molecule has 4 nitrogen and oxygen atoms in total. The van der Waals surface area contributed by atoms with Crippen molar-refractivity contribution in [3.8, 4) is 11.3 Å². The number of benzene rings is 1. The SMILES string of the molecule is O=C(Nc1ccc(Cl)c(-c2ccccn2)c1)c1ccc(Cl)nc1Cl. The van der Waals surface area contributed by atoms with Crippen LogP contribution in [0.2, 0.25) is 15.3 Å². The van der Waals surface area contributed by atoms with Gasteiger partial charge in [0, 0.05) is 17.4 Å². The van der Waals surface area contributed by atoms with Gasteiger partial charge in [0.05, 0.1) is 16.3 Å². The van der Waals surface area contributed by atoms with Gasteiger partial charge in [-0.3, -0.25) is 9.78 Å². The van der Waals surface area contributed by atoms with E-state index in [-0.39, 0.29) is 15.9 Å². The lowest BCUT2D eigenvalue weighted by molar-refractivity contribution is 0.102. The molecular weight excluding hydrogens is 369 g/mol. The van der Waals surface area contributed by atoms with Crippen molar-refractivity contribution in [3.05, 3.63) is 75.6 Å². The first-order valence-electron chi connectivity index (χ1n) is 6.89. The van der Waals surface area contributed by atoms with Crippen molar-refractivity contribution >= 4 is 46.4 Å². The summed E-state index contributed by atoms with van der Waals surface area (Å²) in [4.78, 5) is 20.5. The minimum Gasteiger partial charge on any atom is -0.322 e. The molecule has 1 aromatic carbocycles. The molecule has 0 aliphatic rings. The van der Waals surface area contributed by atoms with E-state index in [0.717, 1.165) is 5.56 Å². The van der Waals surface area contributed by atoms with Gasteiger partial charge in [-0.25, -0.2) is 4.98 Å². The fourth-order valence-corrected chi connectivity index (χ4v) is 2.75. The summed E-state index contributed by atoms with van der Waals surface area (Å²) in [6.07, 6.45) is 1.68. The van der Waals surface area contributed by atoms with Gasteiger partial charge in [0.1, 0.15) is 10.3 Å². The van der Waals surface area contributed by atoms with Gasteiger partial charge in [-0.1, -0.05) is 40.9 Å². The summed E-state index contributed by atoms with van der Waals surface area (Å²) >= 11 is 17.9. The first-order chi connectivity index (χ1) is 11.5. The van der Waals surface area contributed by atoms with Crippen LogP contribution < -0.4 is 5.32 Å². The zero-order chi connectivity index (χ0) is 17.1. The molecule has 0 fully saturated rings. The van der Waals surface area contributed by atoms with Crippen LogP contribution in [0.25, 0.3) is 11.3 Å².